The minimum absolute atomic E-state index is 0.593. The zero-order valence-corrected chi connectivity index (χ0v) is 18.2. The number of nitrogens with one attached hydrogen (secondary N) is 1. The summed E-state index contributed by atoms with van der Waals surface area (Å²) in [6.07, 6.45) is 6.33. The summed E-state index contributed by atoms with van der Waals surface area (Å²) in [6, 6.07) is 5.91. The SMILES string of the molecule is CCNC(=NCc1ccnc(-n2cccn2)c1)N1CCN(c2nc(CC)ns2)CC1. The molecule has 9 nitrogen and oxygen atoms in total. The molecule has 0 unspecified atom stereocenters. The van der Waals surface area contributed by atoms with E-state index in [1.54, 1.807) is 17.1 Å². The Morgan fingerprint density at radius 3 is 2.77 bits per heavy atom. The van der Waals surface area contributed by atoms with E-state index in [1.807, 2.05) is 24.4 Å². The number of guanidine groups is 1. The van der Waals surface area contributed by atoms with Gasteiger partial charge in [0.1, 0.15) is 5.82 Å². The number of rotatable bonds is 6. The second kappa shape index (κ2) is 9.66. The number of piperazine rings is 1. The summed E-state index contributed by atoms with van der Waals surface area (Å²) in [5.74, 6) is 2.68. The maximum absolute atomic E-state index is 4.88. The summed E-state index contributed by atoms with van der Waals surface area (Å²) in [4.78, 5) is 18.5. The zero-order chi connectivity index (χ0) is 20.8. The molecule has 3 aromatic rings. The Labute approximate surface area is 180 Å². The first-order chi connectivity index (χ1) is 14.8. The van der Waals surface area contributed by atoms with Crippen molar-refractivity contribution in [2.75, 3.05) is 37.6 Å². The average molecular weight is 426 g/mol. The Bertz CT molecular complexity index is 958. The van der Waals surface area contributed by atoms with Gasteiger partial charge >= 0.3 is 0 Å². The Balaban J connectivity index is 1.40. The van der Waals surface area contributed by atoms with Crippen LogP contribution in [0.15, 0.2) is 41.8 Å². The van der Waals surface area contributed by atoms with Gasteiger partial charge in [-0.05, 0) is 30.7 Å². The van der Waals surface area contributed by atoms with E-state index in [2.05, 4.69) is 48.4 Å². The fourth-order valence-corrected chi connectivity index (χ4v) is 4.11. The largest absolute Gasteiger partial charge is 0.357 e. The predicted molar refractivity (Wildman–Crippen MR) is 119 cm³/mol. The first-order valence-electron chi connectivity index (χ1n) is 10.3. The smallest absolute Gasteiger partial charge is 0.205 e. The molecule has 30 heavy (non-hydrogen) atoms. The lowest BCUT2D eigenvalue weighted by atomic mass is 10.2. The molecule has 1 N–H and O–H groups in total. The molecule has 0 spiro atoms. The Morgan fingerprint density at radius 1 is 1.20 bits per heavy atom. The van der Waals surface area contributed by atoms with E-state index in [1.165, 1.54) is 11.5 Å². The second-order valence-electron chi connectivity index (χ2n) is 6.96. The molecule has 0 saturated carbocycles. The molecule has 0 aromatic carbocycles. The van der Waals surface area contributed by atoms with Crippen molar-refractivity contribution in [2.24, 2.45) is 4.99 Å². The molecule has 0 bridgehead atoms. The van der Waals surface area contributed by atoms with Gasteiger partial charge in [-0.3, -0.25) is 0 Å². The summed E-state index contributed by atoms with van der Waals surface area (Å²) in [6.45, 7) is 9.26. The summed E-state index contributed by atoms with van der Waals surface area (Å²) < 4.78 is 6.17. The monoisotopic (exact) mass is 425 g/mol. The van der Waals surface area contributed by atoms with Gasteiger partial charge in [-0.1, -0.05) is 6.92 Å². The lowest BCUT2D eigenvalue weighted by molar-refractivity contribution is 0.372. The molecule has 10 heteroatoms. The van der Waals surface area contributed by atoms with Crippen molar-refractivity contribution in [3.05, 3.63) is 48.2 Å². The molecular formula is C20H27N9S. The number of aliphatic imine (C=N–C) groups is 1. The van der Waals surface area contributed by atoms with Crippen LogP contribution in [0.2, 0.25) is 0 Å². The molecule has 0 radical (unpaired) electrons. The van der Waals surface area contributed by atoms with Gasteiger partial charge in [-0.2, -0.15) is 9.47 Å². The van der Waals surface area contributed by atoms with E-state index in [9.17, 15) is 0 Å². The normalized spacial score (nSPS) is 14.9. The van der Waals surface area contributed by atoms with Crippen molar-refractivity contribution in [3.63, 3.8) is 0 Å². The number of aromatic nitrogens is 5. The summed E-state index contributed by atoms with van der Waals surface area (Å²) in [5, 5.41) is 8.70. The van der Waals surface area contributed by atoms with Gasteiger partial charge in [0, 0.05) is 69.3 Å². The minimum atomic E-state index is 0.593. The van der Waals surface area contributed by atoms with Gasteiger partial charge in [0.15, 0.2) is 11.8 Å². The summed E-state index contributed by atoms with van der Waals surface area (Å²) in [7, 11) is 0. The number of aryl methyl sites for hydroxylation is 1. The topological polar surface area (TPSA) is 87.4 Å². The number of anilines is 1. The molecule has 0 amide bonds. The number of nitrogens with zero attached hydrogens (tertiary/aromatic N) is 8. The van der Waals surface area contributed by atoms with Crippen LogP contribution in [0.25, 0.3) is 5.82 Å². The van der Waals surface area contributed by atoms with Crippen LogP contribution in [-0.2, 0) is 13.0 Å². The Hall–Kier alpha value is -3.01. The molecule has 0 aliphatic carbocycles. The van der Waals surface area contributed by atoms with Crippen LogP contribution in [0.5, 0.6) is 0 Å². The van der Waals surface area contributed by atoms with Gasteiger partial charge in [0.05, 0.1) is 6.54 Å². The first kappa shape index (κ1) is 20.3. The van der Waals surface area contributed by atoms with E-state index >= 15 is 0 Å². The van der Waals surface area contributed by atoms with E-state index in [4.69, 9.17) is 4.99 Å². The highest BCUT2D eigenvalue weighted by atomic mass is 32.1. The summed E-state index contributed by atoms with van der Waals surface area (Å²) >= 11 is 1.50. The average Bonchev–Trinajstić information content (AvgIpc) is 3.49. The van der Waals surface area contributed by atoms with Gasteiger partial charge < -0.3 is 15.1 Å². The van der Waals surface area contributed by atoms with Crippen LogP contribution in [0.4, 0.5) is 5.13 Å². The molecule has 4 heterocycles. The third-order valence-electron chi connectivity index (χ3n) is 4.92. The van der Waals surface area contributed by atoms with Gasteiger partial charge in [-0.25, -0.2) is 19.6 Å². The van der Waals surface area contributed by atoms with Gasteiger partial charge in [-0.15, -0.1) is 0 Å². The zero-order valence-electron chi connectivity index (χ0n) is 17.4. The lowest BCUT2D eigenvalue weighted by Gasteiger charge is -2.36. The van der Waals surface area contributed by atoms with E-state index < -0.39 is 0 Å². The molecule has 4 rings (SSSR count). The van der Waals surface area contributed by atoms with Crippen molar-refractivity contribution < 1.29 is 0 Å². The van der Waals surface area contributed by atoms with Crippen LogP contribution in [0.3, 0.4) is 0 Å². The van der Waals surface area contributed by atoms with Crippen LogP contribution < -0.4 is 10.2 Å². The van der Waals surface area contributed by atoms with Gasteiger partial charge in [0.25, 0.3) is 0 Å². The highest BCUT2D eigenvalue weighted by molar-refractivity contribution is 7.09. The van der Waals surface area contributed by atoms with Crippen LogP contribution >= 0.6 is 11.5 Å². The van der Waals surface area contributed by atoms with E-state index in [-0.39, 0.29) is 0 Å². The lowest BCUT2D eigenvalue weighted by Crippen LogP contribution is -2.52. The van der Waals surface area contributed by atoms with Crippen molar-refractivity contribution in [3.8, 4) is 5.82 Å². The number of pyridine rings is 1. The highest BCUT2D eigenvalue weighted by Crippen LogP contribution is 2.19. The van der Waals surface area contributed by atoms with E-state index in [0.29, 0.717) is 6.54 Å². The standard InChI is InChI=1S/C20H27N9S/c1-3-17-25-20(30-26-17)28-12-10-27(11-13-28)19(21-4-2)23-15-16-6-8-22-18(14-16)29-9-5-7-24-29/h5-9,14H,3-4,10-13,15H2,1-2H3,(H,21,23). The van der Waals surface area contributed by atoms with E-state index in [0.717, 1.165) is 67.4 Å². The Morgan fingerprint density at radius 2 is 2.07 bits per heavy atom. The van der Waals surface area contributed by atoms with Crippen molar-refractivity contribution in [1.82, 2.24) is 34.3 Å². The number of hydrogen-bond acceptors (Lipinski definition) is 7. The fraction of sp³-hybridized carbons (Fsp3) is 0.450. The minimum Gasteiger partial charge on any atom is -0.357 e. The fourth-order valence-electron chi connectivity index (χ4n) is 3.31. The molecular weight excluding hydrogens is 398 g/mol. The highest BCUT2D eigenvalue weighted by Gasteiger charge is 2.22. The third kappa shape index (κ3) is 4.76. The number of hydrogen-bond donors (Lipinski definition) is 1. The van der Waals surface area contributed by atoms with Crippen molar-refractivity contribution in [1.29, 1.82) is 0 Å². The first-order valence-corrected chi connectivity index (χ1v) is 11.1. The van der Waals surface area contributed by atoms with Crippen molar-refractivity contribution in [2.45, 2.75) is 26.8 Å². The van der Waals surface area contributed by atoms with Crippen molar-refractivity contribution >= 4 is 22.6 Å². The quantitative estimate of drug-likeness (QED) is 0.477. The molecule has 1 saturated heterocycles. The third-order valence-corrected chi connectivity index (χ3v) is 5.73. The summed E-state index contributed by atoms with van der Waals surface area (Å²) in [5.41, 5.74) is 1.10. The molecule has 3 aromatic heterocycles. The maximum atomic E-state index is 4.88. The Kier molecular flexibility index (Phi) is 6.53. The molecule has 1 aliphatic rings. The maximum Gasteiger partial charge on any atom is 0.205 e. The van der Waals surface area contributed by atoms with Crippen LogP contribution in [-0.4, -0.2) is 67.7 Å². The molecule has 158 valence electrons. The van der Waals surface area contributed by atoms with Crippen LogP contribution in [0.1, 0.15) is 25.2 Å². The molecule has 1 aliphatic heterocycles. The molecule has 0 atom stereocenters. The second-order valence-corrected chi connectivity index (χ2v) is 7.69. The van der Waals surface area contributed by atoms with Gasteiger partial charge in [0.2, 0.25) is 5.13 Å². The predicted octanol–water partition coefficient (Wildman–Crippen LogP) is 1.97. The van der Waals surface area contributed by atoms with Crippen LogP contribution in [0, 0.1) is 0 Å². The molecule has 1 fully saturated rings.